The molecule has 0 saturated carbocycles. The molecule has 0 aromatic rings. The van der Waals surface area contributed by atoms with E-state index in [-0.39, 0.29) is 5.91 Å². The highest BCUT2D eigenvalue weighted by atomic mass is 32.2. The minimum absolute atomic E-state index is 0.0303. The Labute approximate surface area is 203 Å². The van der Waals surface area contributed by atoms with Crippen molar-refractivity contribution in [3.8, 4) is 5.40 Å². The number of carbonyl (C=O) groups excluding carboxylic acids is 1. The Hall–Kier alpha value is -1.19. The number of thioether (sulfide) groups is 1. The van der Waals surface area contributed by atoms with Gasteiger partial charge in [0.2, 0.25) is 5.91 Å². The predicted molar refractivity (Wildman–Crippen MR) is 131 cm³/mol. The number of thiocyanates is 1. The number of ether oxygens (including phenoxy) is 5. The Kier molecular flexibility index (Phi) is 21.8. The lowest BCUT2D eigenvalue weighted by atomic mass is 10.2. The van der Waals surface area contributed by atoms with Gasteiger partial charge in [0.25, 0.3) is 0 Å². The van der Waals surface area contributed by atoms with Crippen molar-refractivity contribution in [3.05, 3.63) is 12.2 Å². The van der Waals surface area contributed by atoms with Gasteiger partial charge in [-0.05, 0) is 31.7 Å². The number of likely N-dealkylation sites (N-methyl/N-ethyl adjacent to an activating group) is 1. The van der Waals surface area contributed by atoms with E-state index in [4.69, 9.17) is 28.9 Å². The first-order valence-electron chi connectivity index (χ1n) is 11.5. The lowest BCUT2D eigenvalue weighted by Gasteiger charge is -2.26. The van der Waals surface area contributed by atoms with E-state index in [1.54, 1.807) is 0 Å². The molecule has 0 aromatic heterocycles. The molecule has 1 atom stereocenters. The SMILES string of the molecule is CNCCOCCOCC[C@@](C)(OCCOCCOCCC(=O)NC/C=C/C(C)C)SC#N. The maximum Gasteiger partial charge on any atom is 0.222 e. The average molecular weight is 490 g/mol. The Morgan fingerprint density at radius 2 is 1.61 bits per heavy atom. The predicted octanol–water partition coefficient (Wildman–Crippen LogP) is 2.33. The standard InChI is InChI=1S/C23H43N3O6S/c1-21(2)6-5-9-26-22(27)7-11-28-14-17-31-18-19-32-23(3,33-20-24)8-12-29-15-16-30-13-10-25-4/h5-6,21,25H,7-19H2,1-4H3,(H,26,27)/b6-5+/t23-/m0/s1. The van der Waals surface area contributed by atoms with Gasteiger partial charge in [-0.3, -0.25) is 4.79 Å². The highest BCUT2D eigenvalue weighted by Crippen LogP contribution is 2.29. The molecule has 0 aliphatic carbocycles. The number of hydrogen-bond donors (Lipinski definition) is 2. The van der Waals surface area contributed by atoms with Gasteiger partial charge in [-0.15, -0.1) is 0 Å². The summed E-state index contributed by atoms with van der Waals surface area (Å²) in [6, 6.07) is 0. The van der Waals surface area contributed by atoms with E-state index >= 15 is 0 Å². The number of nitrogens with zero attached hydrogens (tertiary/aromatic N) is 1. The zero-order chi connectivity index (χ0) is 24.6. The molecule has 0 aliphatic heterocycles. The van der Waals surface area contributed by atoms with Crippen molar-refractivity contribution in [2.45, 2.75) is 38.5 Å². The van der Waals surface area contributed by atoms with E-state index in [2.05, 4.69) is 36.0 Å². The number of carbonyl (C=O) groups is 1. The second-order valence-electron chi connectivity index (χ2n) is 7.70. The third-order valence-corrected chi connectivity index (χ3v) is 5.09. The van der Waals surface area contributed by atoms with Crippen LogP contribution in [0.3, 0.4) is 0 Å². The molecular formula is C23H43N3O6S. The highest BCUT2D eigenvalue weighted by molar-refractivity contribution is 8.04. The van der Waals surface area contributed by atoms with Crippen molar-refractivity contribution in [2.24, 2.45) is 5.92 Å². The molecule has 10 heteroatoms. The number of nitrogens with one attached hydrogen (secondary N) is 2. The van der Waals surface area contributed by atoms with Gasteiger partial charge in [-0.2, -0.15) is 5.26 Å². The Balaban J connectivity index is 3.69. The molecule has 0 spiro atoms. The molecule has 1 amide bonds. The van der Waals surface area contributed by atoms with Crippen LogP contribution >= 0.6 is 11.8 Å². The van der Waals surface area contributed by atoms with Gasteiger partial charge in [-0.1, -0.05) is 26.0 Å². The lowest BCUT2D eigenvalue weighted by molar-refractivity contribution is -0.122. The van der Waals surface area contributed by atoms with Crippen molar-refractivity contribution in [1.82, 2.24) is 10.6 Å². The van der Waals surface area contributed by atoms with Crippen molar-refractivity contribution in [3.63, 3.8) is 0 Å². The Morgan fingerprint density at radius 1 is 1.00 bits per heavy atom. The molecule has 192 valence electrons. The van der Waals surface area contributed by atoms with Crippen LogP contribution in [0.2, 0.25) is 0 Å². The average Bonchev–Trinajstić information content (AvgIpc) is 2.77. The fourth-order valence-electron chi connectivity index (χ4n) is 2.41. The van der Waals surface area contributed by atoms with Crippen LogP contribution in [-0.2, 0) is 28.5 Å². The van der Waals surface area contributed by atoms with Crippen LogP contribution in [0.1, 0.15) is 33.6 Å². The fraction of sp³-hybridized carbons (Fsp3) is 0.826. The minimum atomic E-state index is -0.653. The Bertz CT molecular complexity index is 545. The summed E-state index contributed by atoms with van der Waals surface area (Å²) < 4.78 is 27.7. The van der Waals surface area contributed by atoms with Crippen molar-refractivity contribution < 1.29 is 28.5 Å². The monoisotopic (exact) mass is 489 g/mol. The van der Waals surface area contributed by atoms with Gasteiger partial charge in [0, 0.05) is 25.9 Å². The number of amides is 1. The third-order valence-electron chi connectivity index (χ3n) is 4.25. The molecule has 9 nitrogen and oxygen atoms in total. The topological polar surface area (TPSA) is 111 Å². The molecule has 2 N–H and O–H groups in total. The highest BCUT2D eigenvalue weighted by Gasteiger charge is 2.26. The van der Waals surface area contributed by atoms with Crippen LogP contribution in [0.25, 0.3) is 0 Å². The summed E-state index contributed by atoms with van der Waals surface area (Å²) in [4.78, 5) is 11.0. The molecular weight excluding hydrogens is 446 g/mol. The first kappa shape index (κ1) is 31.8. The second-order valence-corrected chi connectivity index (χ2v) is 8.96. The van der Waals surface area contributed by atoms with Crippen LogP contribution in [-0.4, -0.2) is 90.4 Å². The van der Waals surface area contributed by atoms with E-state index < -0.39 is 4.93 Å². The number of allylic oxidation sites excluding steroid dienone is 1. The first-order chi connectivity index (χ1) is 15.9. The summed E-state index contributed by atoms with van der Waals surface area (Å²) in [6.07, 6.45) is 4.92. The van der Waals surface area contributed by atoms with Crippen LogP contribution < -0.4 is 10.6 Å². The molecule has 0 heterocycles. The molecule has 33 heavy (non-hydrogen) atoms. The molecule has 0 unspecified atom stereocenters. The lowest BCUT2D eigenvalue weighted by Crippen LogP contribution is -2.28. The molecule has 0 aliphatic rings. The molecule has 0 rings (SSSR count). The van der Waals surface area contributed by atoms with Gasteiger partial charge in [0.15, 0.2) is 0 Å². The van der Waals surface area contributed by atoms with Crippen molar-refractivity contribution in [2.75, 3.05) is 79.6 Å². The molecule has 0 fully saturated rings. The summed E-state index contributed by atoms with van der Waals surface area (Å²) >= 11 is 1.08. The zero-order valence-electron chi connectivity index (χ0n) is 20.7. The maximum absolute atomic E-state index is 11.7. The molecule has 0 saturated heterocycles. The second kappa shape index (κ2) is 22.6. The fourth-order valence-corrected chi connectivity index (χ4v) is 2.93. The van der Waals surface area contributed by atoms with Gasteiger partial charge < -0.3 is 34.3 Å². The summed E-state index contributed by atoms with van der Waals surface area (Å²) in [6.45, 7) is 11.5. The molecule has 0 radical (unpaired) electrons. The number of hydrogen-bond acceptors (Lipinski definition) is 9. The summed E-state index contributed by atoms with van der Waals surface area (Å²) in [5, 5.41) is 17.0. The number of nitriles is 1. The first-order valence-corrected chi connectivity index (χ1v) is 12.3. The van der Waals surface area contributed by atoms with E-state index in [0.29, 0.717) is 84.8 Å². The summed E-state index contributed by atoms with van der Waals surface area (Å²) in [5.74, 6) is 0.449. The zero-order valence-corrected chi connectivity index (χ0v) is 21.5. The van der Waals surface area contributed by atoms with Crippen LogP contribution in [0.5, 0.6) is 0 Å². The molecule has 0 aromatic carbocycles. The quantitative estimate of drug-likeness (QED) is 0.0966. The minimum Gasteiger partial charge on any atom is -0.379 e. The smallest absolute Gasteiger partial charge is 0.222 e. The van der Waals surface area contributed by atoms with Crippen molar-refractivity contribution >= 4 is 17.7 Å². The summed E-state index contributed by atoms with van der Waals surface area (Å²) in [7, 11) is 1.88. The van der Waals surface area contributed by atoms with E-state index in [1.807, 2.05) is 20.0 Å². The van der Waals surface area contributed by atoms with Crippen LogP contribution in [0, 0.1) is 16.6 Å². The largest absolute Gasteiger partial charge is 0.379 e. The third kappa shape index (κ3) is 22.4. The molecule has 0 bridgehead atoms. The number of rotatable bonds is 23. The normalized spacial score (nSPS) is 13.3. The Morgan fingerprint density at radius 3 is 2.24 bits per heavy atom. The van der Waals surface area contributed by atoms with E-state index in [1.165, 1.54) is 0 Å². The van der Waals surface area contributed by atoms with Gasteiger partial charge >= 0.3 is 0 Å². The van der Waals surface area contributed by atoms with Crippen LogP contribution in [0.4, 0.5) is 0 Å². The van der Waals surface area contributed by atoms with Gasteiger partial charge in [-0.25, -0.2) is 0 Å². The van der Waals surface area contributed by atoms with Gasteiger partial charge in [0.05, 0.1) is 59.5 Å². The van der Waals surface area contributed by atoms with Crippen LogP contribution in [0.15, 0.2) is 12.2 Å². The van der Waals surface area contributed by atoms with Crippen molar-refractivity contribution in [1.29, 1.82) is 5.26 Å². The maximum atomic E-state index is 11.7. The summed E-state index contributed by atoms with van der Waals surface area (Å²) in [5.41, 5.74) is 0. The van der Waals surface area contributed by atoms with E-state index in [9.17, 15) is 4.79 Å². The van der Waals surface area contributed by atoms with E-state index in [0.717, 1.165) is 18.3 Å². The van der Waals surface area contributed by atoms with Gasteiger partial charge in [0.1, 0.15) is 10.3 Å².